The summed E-state index contributed by atoms with van der Waals surface area (Å²) < 4.78 is 5.37. The highest BCUT2D eigenvalue weighted by Gasteiger charge is 2.37. The molecular weight excluding hydrogens is 244 g/mol. The lowest BCUT2D eigenvalue weighted by Crippen LogP contribution is -2.37. The van der Waals surface area contributed by atoms with Crippen molar-refractivity contribution in [2.24, 2.45) is 11.8 Å². The van der Waals surface area contributed by atoms with Crippen molar-refractivity contribution in [2.45, 2.75) is 45.3 Å². The van der Waals surface area contributed by atoms with Crippen molar-refractivity contribution in [3.05, 3.63) is 0 Å². The van der Waals surface area contributed by atoms with Gasteiger partial charge in [-0.05, 0) is 46.1 Å². The highest BCUT2D eigenvalue weighted by atomic mass is 16.6. The molecule has 5 heteroatoms. The molecule has 0 aliphatic carbocycles. The van der Waals surface area contributed by atoms with Gasteiger partial charge in [-0.25, -0.2) is 4.79 Å². The summed E-state index contributed by atoms with van der Waals surface area (Å²) in [5.74, 6) is 0.529. The third-order valence-electron chi connectivity index (χ3n) is 3.94. The first-order chi connectivity index (χ1) is 8.87. The van der Waals surface area contributed by atoms with E-state index in [9.17, 15) is 9.90 Å². The minimum Gasteiger partial charge on any atom is -0.444 e. The molecule has 0 bridgehead atoms. The predicted octanol–water partition coefficient (Wildman–Crippen LogP) is 1.21. The zero-order valence-electron chi connectivity index (χ0n) is 12.2. The molecule has 2 saturated heterocycles. The third-order valence-corrected chi connectivity index (χ3v) is 3.94. The second-order valence-electron chi connectivity index (χ2n) is 6.72. The number of nitrogens with zero attached hydrogens (tertiary/aromatic N) is 1. The van der Waals surface area contributed by atoms with E-state index in [-0.39, 0.29) is 18.1 Å². The number of hydrogen-bond donors (Lipinski definition) is 2. The number of carbonyl (C=O) groups excluding carboxylic acids is 1. The first-order valence-electron chi connectivity index (χ1n) is 7.23. The summed E-state index contributed by atoms with van der Waals surface area (Å²) in [7, 11) is 0. The molecule has 19 heavy (non-hydrogen) atoms. The lowest BCUT2D eigenvalue weighted by atomic mass is 9.90. The normalized spacial score (nSPS) is 29.6. The van der Waals surface area contributed by atoms with Gasteiger partial charge < -0.3 is 20.1 Å². The summed E-state index contributed by atoms with van der Waals surface area (Å²) in [5, 5.41) is 13.6. The zero-order valence-corrected chi connectivity index (χ0v) is 12.2. The highest BCUT2D eigenvalue weighted by molar-refractivity contribution is 5.68. The van der Waals surface area contributed by atoms with Gasteiger partial charge in [-0.3, -0.25) is 0 Å². The van der Waals surface area contributed by atoms with Crippen LogP contribution < -0.4 is 5.32 Å². The fraction of sp³-hybridized carbons (Fsp3) is 0.929. The maximum Gasteiger partial charge on any atom is 0.410 e. The molecule has 2 rings (SSSR count). The van der Waals surface area contributed by atoms with Gasteiger partial charge in [0.2, 0.25) is 0 Å². The van der Waals surface area contributed by atoms with Gasteiger partial charge in [-0.15, -0.1) is 0 Å². The summed E-state index contributed by atoms with van der Waals surface area (Å²) in [6, 6.07) is 0. The largest absolute Gasteiger partial charge is 0.444 e. The molecule has 0 saturated carbocycles. The van der Waals surface area contributed by atoms with Crippen LogP contribution in [-0.2, 0) is 4.74 Å². The van der Waals surface area contributed by atoms with Crippen LogP contribution in [0.5, 0.6) is 0 Å². The molecule has 2 fully saturated rings. The van der Waals surface area contributed by atoms with Crippen LogP contribution in [-0.4, -0.2) is 54.0 Å². The Morgan fingerprint density at radius 1 is 1.37 bits per heavy atom. The molecule has 2 aliphatic heterocycles. The van der Waals surface area contributed by atoms with Gasteiger partial charge in [0.25, 0.3) is 0 Å². The molecule has 2 heterocycles. The first kappa shape index (κ1) is 14.6. The van der Waals surface area contributed by atoms with Gasteiger partial charge in [0, 0.05) is 25.6 Å². The average molecular weight is 270 g/mol. The van der Waals surface area contributed by atoms with E-state index >= 15 is 0 Å². The van der Waals surface area contributed by atoms with Crippen LogP contribution in [0.15, 0.2) is 0 Å². The van der Waals surface area contributed by atoms with Crippen molar-refractivity contribution in [1.82, 2.24) is 10.2 Å². The fourth-order valence-corrected chi connectivity index (χ4v) is 2.91. The molecule has 1 amide bonds. The molecule has 0 aromatic heterocycles. The van der Waals surface area contributed by atoms with E-state index in [4.69, 9.17) is 4.74 Å². The van der Waals surface area contributed by atoms with E-state index in [2.05, 4.69) is 5.32 Å². The third kappa shape index (κ3) is 3.83. The Balaban J connectivity index is 1.83. The molecule has 2 N–H and O–H groups in total. The van der Waals surface area contributed by atoms with E-state index in [1.807, 2.05) is 20.8 Å². The molecule has 0 aromatic rings. The molecule has 0 radical (unpaired) electrons. The molecule has 5 nitrogen and oxygen atoms in total. The number of rotatable bonds is 2. The second-order valence-corrected chi connectivity index (χ2v) is 6.72. The number of hydrogen-bond acceptors (Lipinski definition) is 4. The van der Waals surface area contributed by atoms with Crippen molar-refractivity contribution >= 4 is 6.09 Å². The number of ether oxygens (including phenoxy) is 1. The van der Waals surface area contributed by atoms with E-state index < -0.39 is 5.60 Å². The summed E-state index contributed by atoms with van der Waals surface area (Å²) in [6.07, 6.45) is 1.34. The standard InChI is InChI=1S/C14H26N2O3/c1-14(2,3)19-13(18)16-7-5-11(9-16)12(17)10-4-6-15-8-10/h10-12,15,17H,4-9H2,1-3H3. The van der Waals surface area contributed by atoms with Crippen molar-refractivity contribution < 1.29 is 14.6 Å². The average Bonchev–Trinajstić information content (AvgIpc) is 2.98. The number of carbonyl (C=O) groups is 1. The number of likely N-dealkylation sites (tertiary alicyclic amines) is 1. The van der Waals surface area contributed by atoms with Crippen LogP contribution in [0.25, 0.3) is 0 Å². The summed E-state index contributed by atoms with van der Waals surface area (Å²) in [4.78, 5) is 13.7. The number of amides is 1. The molecule has 0 spiro atoms. The Morgan fingerprint density at radius 2 is 2.11 bits per heavy atom. The fourth-order valence-electron chi connectivity index (χ4n) is 2.91. The predicted molar refractivity (Wildman–Crippen MR) is 72.9 cm³/mol. The Kier molecular flexibility index (Phi) is 4.36. The molecule has 0 aromatic carbocycles. The minimum atomic E-state index is -0.455. The summed E-state index contributed by atoms with van der Waals surface area (Å²) in [6.45, 7) is 8.81. The van der Waals surface area contributed by atoms with Gasteiger partial charge in [0.15, 0.2) is 0 Å². The van der Waals surface area contributed by atoms with Crippen LogP contribution in [0.3, 0.4) is 0 Å². The summed E-state index contributed by atoms with van der Waals surface area (Å²) in [5.41, 5.74) is -0.455. The van der Waals surface area contributed by atoms with Crippen LogP contribution in [0.4, 0.5) is 4.79 Å². The Hall–Kier alpha value is -0.810. The minimum absolute atomic E-state index is 0.192. The van der Waals surface area contributed by atoms with E-state index in [1.165, 1.54) is 0 Å². The first-order valence-corrected chi connectivity index (χ1v) is 7.23. The maximum absolute atomic E-state index is 12.0. The highest BCUT2D eigenvalue weighted by Crippen LogP contribution is 2.27. The van der Waals surface area contributed by atoms with Gasteiger partial charge in [-0.1, -0.05) is 0 Å². The van der Waals surface area contributed by atoms with E-state index in [1.54, 1.807) is 4.90 Å². The van der Waals surface area contributed by atoms with E-state index in [0.717, 1.165) is 25.9 Å². The molecular formula is C14H26N2O3. The monoisotopic (exact) mass is 270 g/mol. The molecule has 3 atom stereocenters. The van der Waals surface area contributed by atoms with Crippen molar-refractivity contribution in [3.8, 4) is 0 Å². The molecule has 110 valence electrons. The lowest BCUT2D eigenvalue weighted by Gasteiger charge is -2.26. The van der Waals surface area contributed by atoms with Gasteiger partial charge >= 0.3 is 6.09 Å². The van der Waals surface area contributed by atoms with Crippen LogP contribution in [0.1, 0.15) is 33.6 Å². The smallest absolute Gasteiger partial charge is 0.410 e. The topological polar surface area (TPSA) is 61.8 Å². The SMILES string of the molecule is CC(C)(C)OC(=O)N1CCC(C(O)C2CCNC2)C1. The zero-order chi connectivity index (χ0) is 14.0. The molecule has 3 unspecified atom stereocenters. The summed E-state index contributed by atoms with van der Waals surface area (Å²) >= 11 is 0. The van der Waals surface area contributed by atoms with Crippen molar-refractivity contribution in [1.29, 1.82) is 0 Å². The lowest BCUT2D eigenvalue weighted by molar-refractivity contribution is 0.0241. The van der Waals surface area contributed by atoms with Crippen LogP contribution >= 0.6 is 0 Å². The maximum atomic E-state index is 12.0. The second kappa shape index (κ2) is 5.67. The molecule has 2 aliphatic rings. The van der Waals surface area contributed by atoms with Gasteiger partial charge in [0.05, 0.1) is 6.10 Å². The number of aliphatic hydroxyl groups excluding tert-OH is 1. The van der Waals surface area contributed by atoms with Crippen LogP contribution in [0, 0.1) is 11.8 Å². The Morgan fingerprint density at radius 3 is 2.68 bits per heavy atom. The Bertz CT molecular complexity index is 321. The van der Waals surface area contributed by atoms with Gasteiger partial charge in [0.1, 0.15) is 5.60 Å². The van der Waals surface area contributed by atoms with Crippen molar-refractivity contribution in [2.75, 3.05) is 26.2 Å². The van der Waals surface area contributed by atoms with Crippen LogP contribution in [0.2, 0.25) is 0 Å². The Labute approximate surface area is 115 Å². The van der Waals surface area contributed by atoms with E-state index in [0.29, 0.717) is 19.0 Å². The van der Waals surface area contributed by atoms with Crippen molar-refractivity contribution in [3.63, 3.8) is 0 Å². The quantitative estimate of drug-likeness (QED) is 0.792. The van der Waals surface area contributed by atoms with Gasteiger partial charge in [-0.2, -0.15) is 0 Å². The number of nitrogens with one attached hydrogen (secondary N) is 1. The number of aliphatic hydroxyl groups is 1.